The standard InChI is InChI=1S/C12H16N2O4/c1-14(7-10-6-13-4-5-17-10)12(16)9-2-3-11(15)18-8-9/h2-3,8,10,13H,4-7H2,1H3. The van der Waals surface area contributed by atoms with Gasteiger partial charge in [-0.1, -0.05) is 0 Å². The Morgan fingerprint density at radius 1 is 1.56 bits per heavy atom. The lowest BCUT2D eigenvalue weighted by molar-refractivity contribution is 0.0103. The Hall–Kier alpha value is -1.66. The normalized spacial score (nSPS) is 19.5. The topological polar surface area (TPSA) is 71.8 Å². The first-order chi connectivity index (χ1) is 8.66. The Balaban J connectivity index is 1.95. The lowest BCUT2D eigenvalue weighted by Gasteiger charge is -2.27. The van der Waals surface area contributed by atoms with E-state index in [2.05, 4.69) is 9.73 Å². The molecule has 1 atom stereocenters. The number of rotatable bonds is 3. The molecule has 1 fully saturated rings. The van der Waals surface area contributed by atoms with Gasteiger partial charge in [0.25, 0.3) is 5.91 Å². The zero-order valence-electron chi connectivity index (χ0n) is 10.2. The van der Waals surface area contributed by atoms with Crippen LogP contribution in [0.4, 0.5) is 0 Å². The van der Waals surface area contributed by atoms with Crippen molar-refractivity contribution >= 4 is 5.91 Å². The second kappa shape index (κ2) is 5.79. The van der Waals surface area contributed by atoms with Crippen LogP contribution >= 0.6 is 0 Å². The average Bonchev–Trinajstić information content (AvgIpc) is 2.40. The summed E-state index contributed by atoms with van der Waals surface area (Å²) in [4.78, 5) is 24.4. The maximum Gasteiger partial charge on any atom is 0.335 e. The number of hydrogen-bond acceptors (Lipinski definition) is 5. The second-order valence-electron chi connectivity index (χ2n) is 4.23. The predicted octanol–water partition coefficient (Wildman–Crippen LogP) is -0.300. The van der Waals surface area contributed by atoms with E-state index < -0.39 is 5.63 Å². The Morgan fingerprint density at radius 2 is 2.39 bits per heavy atom. The monoisotopic (exact) mass is 252 g/mol. The van der Waals surface area contributed by atoms with Crippen molar-refractivity contribution in [2.24, 2.45) is 0 Å². The van der Waals surface area contributed by atoms with E-state index in [1.807, 2.05) is 0 Å². The van der Waals surface area contributed by atoms with Gasteiger partial charge in [-0.25, -0.2) is 4.79 Å². The summed E-state index contributed by atoms with van der Waals surface area (Å²) in [6.07, 6.45) is 1.18. The molecule has 18 heavy (non-hydrogen) atoms. The molecule has 0 spiro atoms. The molecular formula is C12H16N2O4. The fraction of sp³-hybridized carbons (Fsp3) is 0.500. The van der Waals surface area contributed by atoms with Gasteiger partial charge in [0, 0.05) is 32.7 Å². The molecular weight excluding hydrogens is 236 g/mol. The van der Waals surface area contributed by atoms with Crippen molar-refractivity contribution < 1.29 is 13.9 Å². The maximum absolute atomic E-state index is 12.0. The van der Waals surface area contributed by atoms with Crippen molar-refractivity contribution in [1.82, 2.24) is 10.2 Å². The molecule has 0 bridgehead atoms. The van der Waals surface area contributed by atoms with Crippen LogP contribution < -0.4 is 10.9 Å². The van der Waals surface area contributed by atoms with E-state index in [-0.39, 0.29) is 12.0 Å². The Labute approximate surface area is 105 Å². The van der Waals surface area contributed by atoms with Crippen LogP contribution in [-0.4, -0.2) is 50.2 Å². The van der Waals surface area contributed by atoms with Gasteiger partial charge in [0.1, 0.15) is 6.26 Å². The van der Waals surface area contributed by atoms with Crippen LogP contribution in [0, 0.1) is 0 Å². The van der Waals surface area contributed by atoms with Crippen molar-refractivity contribution in [2.45, 2.75) is 6.10 Å². The number of carbonyl (C=O) groups excluding carboxylic acids is 1. The zero-order valence-corrected chi connectivity index (χ0v) is 10.2. The first-order valence-corrected chi connectivity index (χ1v) is 5.83. The van der Waals surface area contributed by atoms with Crippen molar-refractivity contribution in [2.75, 3.05) is 33.3 Å². The largest absolute Gasteiger partial charge is 0.430 e. The Bertz CT molecular complexity index is 445. The maximum atomic E-state index is 12.0. The quantitative estimate of drug-likeness (QED) is 0.799. The van der Waals surface area contributed by atoms with Crippen molar-refractivity contribution in [3.05, 3.63) is 34.4 Å². The van der Waals surface area contributed by atoms with Crippen molar-refractivity contribution in [3.8, 4) is 0 Å². The van der Waals surface area contributed by atoms with Gasteiger partial charge in [-0.3, -0.25) is 4.79 Å². The van der Waals surface area contributed by atoms with E-state index in [4.69, 9.17) is 4.74 Å². The van der Waals surface area contributed by atoms with E-state index in [1.165, 1.54) is 18.4 Å². The van der Waals surface area contributed by atoms with Crippen LogP contribution in [0.1, 0.15) is 10.4 Å². The molecule has 0 aromatic carbocycles. The van der Waals surface area contributed by atoms with Gasteiger partial charge in [-0.2, -0.15) is 0 Å². The van der Waals surface area contributed by atoms with E-state index in [1.54, 1.807) is 11.9 Å². The van der Waals surface area contributed by atoms with E-state index >= 15 is 0 Å². The summed E-state index contributed by atoms with van der Waals surface area (Å²) in [7, 11) is 1.70. The van der Waals surface area contributed by atoms with E-state index in [0.29, 0.717) is 18.7 Å². The number of morpholine rings is 1. The van der Waals surface area contributed by atoms with Gasteiger partial charge >= 0.3 is 5.63 Å². The molecule has 1 aromatic rings. The minimum Gasteiger partial charge on any atom is -0.430 e. The summed E-state index contributed by atoms with van der Waals surface area (Å²) in [6, 6.07) is 2.70. The SMILES string of the molecule is CN(CC1CNCCO1)C(=O)c1ccc(=O)oc1. The van der Waals surface area contributed by atoms with Crippen LogP contribution in [0.15, 0.2) is 27.6 Å². The zero-order chi connectivity index (χ0) is 13.0. The molecule has 1 N–H and O–H groups in total. The summed E-state index contributed by atoms with van der Waals surface area (Å²) < 4.78 is 10.2. The summed E-state index contributed by atoms with van der Waals surface area (Å²) in [5.41, 5.74) is -0.102. The smallest absolute Gasteiger partial charge is 0.335 e. The number of ether oxygens (including phenoxy) is 1. The Kier molecular flexibility index (Phi) is 4.11. The van der Waals surface area contributed by atoms with Crippen LogP contribution in [0.3, 0.4) is 0 Å². The molecule has 0 aliphatic carbocycles. The van der Waals surface area contributed by atoms with Crippen LogP contribution in [0.5, 0.6) is 0 Å². The van der Waals surface area contributed by atoms with Crippen molar-refractivity contribution in [3.63, 3.8) is 0 Å². The molecule has 2 heterocycles. The molecule has 0 radical (unpaired) electrons. The molecule has 6 nitrogen and oxygen atoms in total. The van der Waals surface area contributed by atoms with Gasteiger partial charge in [-0.05, 0) is 6.07 Å². The van der Waals surface area contributed by atoms with E-state index in [0.717, 1.165) is 13.1 Å². The molecule has 1 aromatic heterocycles. The fourth-order valence-electron chi connectivity index (χ4n) is 1.83. The number of nitrogens with zero attached hydrogens (tertiary/aromatic N) is 1. The van der Waals surface area contributed by atoms with Gasteiger partial charge in [0.15, 0.2) is 0 Å². The first-order valence-electron chi connectivity index (χ1n) is 5.83. The summed E-state index contributed by atoms with van der Waals surface area (Å²) in [5, 5.41) is 3.20. The first kappa shape index (κ1) is 12.8. The molecule has 1 saturated heterocycles. The highest BCUT2D eigenvalue weighted by molar-refractivity contribution is 5.93. The molecule has 1 aliphatic heterocycles. The molecule has 98 valence electrons. The van der Waals surface area contributed by atoms with Gasteiger partial charge in [0.2, 0.25) is 0 Å². The number of nitrogens with one attached hydrogen (secondary N) is 1. The molecule has 0 saturated carbocycles. The molecule has 2 rings (SSSR count). The third-order valence-electron chi connectivity index (χ3n) is 2.78. The van der Waals surface area contributed by atoms with Crippen LogP contribution in [-0.2, 0) is 4.74 Å². The predicted molar refractivity (Wildman–Crippen MR) is 64.5 cm³/mol. The van der Waals surface area contributed by atoms with Crippen molar-refractivity contribution in [1.29, 1.82) is 0 Å². The summed E-state index contributed by atoms with van der Waals surface area (Å²) in [5.74, 6) is -0.187. The minimum absolute atomic E-state index is 0.00317. The second-order valence-corrected chi connectivity index (χ2v) is 4.23. The van der Waals surface area contributed by atoms with Crippen LogP contribution in [0.2, 0.25) is 0 Å². The molecule has 1 aliphatic rings. The molecule has 1 unspecified atom stereocenters. The van der Waals surface area contributed by atoms with E-state index in [9.17, 15) is 9.59 Å². The number of hydrogen-bond donors (Lipinski definition) is 1. The molecule has 6 heteroatoms. The summed E-state index contributed by atoms with van der Waals surface area (Å²) in [6.45, 7) is 2.75. The lowest BCUT2D eigenvalue weighted by atomic mass is 10.2. The number of likely N-dealkylation sites (N-methyl/N-ethyl adjacent to an activating group) is 1. The third kappa shape index (κ3) is 3.18. The van der Waals surface area contributed by atoms with Gasteiger partial charge in [-0.15, -0.1) is 0 Å². The minimum atomic E-state index is -0.464. The number of amides is 1. The number of carbonyl (C=O) groups is 1. The van der Waals surface area contributed by atoms with Gasteiger partial charge < -0.3 is 19.4 Å². The molecule has 1 amide bonds. The lowest BCUT2D eigenvalue weighted by Crippen LogP contribution is -2.45. The van der Waals surface area contributed by atoms with Crippen LogP contribution in [0.25, 0.3) is 0 Å². The fourth-order valence-corrected chi connectivity index (χ4v) is 1.83. The Morgan fingerprint density at radius 3 is 3.00 bits per heavy atom. The highest BCUT2D eigenvalue weighted by Crippen LogP contribution is 2.04. The summed E-state index contributed by atoms with van der Waals surface area (Å²) >= 11 is 0. The highest BCUT2D eigenvalue weighted by atomic mass is 16.5. The average molecular weight is 252 g/mol. The van der Waals surface area contributed by atoms with Gasteiger partial charge in [0.05, 0.1) is 18.3 Å². The highest BCUT2D eigenvalue weighted by Gasteiger charge is 2.19. The third-order valence-corrected chi connectivity index (χ3v) is 2.78.